The van der Waals surface area contributed by atoms with Crippen LogP contribution in [-0.2, 0) is 5.60 Å². The Morgan fingerprint density at radius 2 is 1.45 bits per heavy atom. The normalized spacial score (nSPS) is 18.3. The molecule has 0 N–H and O–H groups in total. The van der Waals surface area contributed by atoms with Crippen molar-refractivity contribution < 1.29 is 4.74 Å². The second-order valence-electron chi connectivity index (χ2n) is 7.47. The molecule has 1 aliphatic heterocycles. The molecule has 0 fully saturated rings. The summed E-state index contributed by atoms with van der Waals surface area (Å²) in [6, 6.07) is 33.5. The molecule has 1 heterocycles. The van der Waals surface area contributed by atoms with E-state index >= 15 is 0 Å². The van der Waals surface area contributed by atoms with Gasteiger partial charge in [-0.15, -0.1) is 0 Å². The minimum atomic E-state index is -0.632. The third-order valence-corrected chi connectivity index (χ3v) is 5.66. The van der Waals surface area contributed by atoms with Crippen LogP contribution in [0.3, 0.4) is 0 Å². The number of ether oxygens (including phenoxy) is 1. The van der Waals surface area contributed by atoms with Gasteiger partial charge in [0.25, 0.3) is 0 Å². The Morgan fingerprint density at radius 1 is 0.759 bits per heavy atom. The zero-order valence-electron chi connectivity index (χ0n) is 16.4. The van der Waals surface area contributed by atoms with Crippen molar-refractivity contribution in [2.75, 3.05) is 0 Å². The smallest absolute Gasteiger partial charge is 0.174 e. The molecule has 0 aromatic heterocycles. The second kappa shape index (κ2) is 7.10. The summed E-state index contributed by atoms with van der Waals surface area (Å²) in [6.45, 7) is 2.15. The second-order valence-corrected chi connectivity index (χ2v) is 7.47. The molecule has 4 aromatic carbocycles. The van der Waals surface area contributed by atoms with Crippen molar-refractivity contribution in [2.24, 2.45) is 0 Å². The fourth-order valence-electron chi connectivity index (χ4n) is 4.13. The molecule has 1 atom stereocenters. The highest BCUT2D eigenvalue weighted by atomic mass is 16.5. The van der Waals surface area contributed by atoms with Gasteiger partial charge in [0.2, 0.25) is 0 Å². The quantitative estimate of drug-likeness (QED) is 0.367. The summed E-state index contributed by atoms with van der Waals surface area (Å²) in [7, 11) is 0. The van der Waals surface area contributed by atoms with E-state index in [1.165, 1.54) is 16.3 Å². The number of fused-ring (bicyclic) bond motifs is 3. The third kappa shape index (κ3) is 3.05. The minimum Gasteiger partial charge on any atom is -0.473 e. The molecule has 140 valence electrons. The molecule has 0 amide bonds. The first-order valence-electron chi connectivity index (χ1n) is 9.96. The Labute approximate surface area is 171 Å². The van der Waals surface area contributed by atoms with Gasteiger partial charge in [0, 0.05) is 11.1 Å². The zero-order chi connectivity index (χ0) is 19.7. The van der Waals surface area contributed by atoms with Gasteiger partial charge < -0.3 is 4.74 Å². The summed E-state index contributed by atoms with van der Waals surface area (Å²) in [5.74, 6) is 0.913. The van der Waals surface area contributed by atoms with Crippen LogP contribution in [0.2, 0.25) is 0 Å². The van der Waals surface area contributed by atoms with Gasteiger partial charge in [-0.2, -0.15) is 0 Å². The van der Waals surface area contributed by atoms with Crippen molar-refractivity contribution in [2.45, 2.75) is 12.5 Å². The maximum Gasteiger partial charge on any atom is 0.174 e. The lowest BCUT2D eigenvalue weighted by molar-refractivity contribution is 0.158. The van der Waals surface area contributed by atoms with E-state index in [0.29, 0.717) is 0 Å². The first kappa shape index (κ1) is 17.5. The molecule has 29 heavy (non-hydrogen) atoms. The van der Waals surface area contributed by atoms with Gasteiger partial charge in [0.1, 0.15) is 5.75 Å². The highest BCUT2D eigenvalue weighted by Gasteiger charge is 2.37. The summed E-state index contributed by atoms with van der Waals surface area (Å²) in [4.78, 5) is 0. The van der Waals surface area contributed by atoms with E-state index in [0.717, 1.165) is 22.4 Å². The van der Waals surface area contributed by atoms with Gasteiger partial charge >= 0.3 is 0 Å². The van der Waals surface area contributed by atoms with Crippen LogP contribution in [-0.4, -0.2) is 0 Å². The van der Waals surface area contributed by atoms with Crippen LogP contribution in [0.15, 0.2) is 109 Å². The molecule has 0 bridgehead atoms. The van der Waals surface area contributed by atoms with Crippen molar-refractivity contribution >= 4 is 22.9 Å². The Morgan fingerprint density at radius 3 is 2.24 bits per heavy atom. The van der Waals surface area contributed by atoms with E-state index in [2.05, 4.69) is 110 Å². The molecule has 1 unspecified atom stereocenters. The highest BCUT2D eigenvalue weighted by molar-refractivity contribution is 5.94. The van der Waals surface area contributed by atoms with E-state index in [1.54, 1.807) is 0 Å². The maximum atomic E-state index is 6.79. The number of hydrogen-bond acceptors (Lipinski definition) is 1. The lowest BCUT2D eigenvalue weighted by Gasteiger charge is -2.37. The summed E-state index contributed by atoms with van der Waals surface area (Å²) in [6.07, 6.45) is 6.63. The molecule has 5 rings (SSSR count). The SMILES string of the molecule is C/C(=C\c1ccccc1)C1(c2ccccc2)C=Cc2c(ccc3ccccc23)O1. The first-order valence-corrected chi connectivity index (χ1v) is 9.96. The zero-order valence-corrected chi connectivity index (χ0v) is 16.4. The van der Waals surface area contributed by atoms with E-state index in [-0.39, 0.29) is 0 Å². The largest absolute Gasteiger partial charge is 0.473 e. The van der Waals surface area contributed by atoms with Crippen LogP contribution in [0.4, 0.5) is 0 Å². The highest BCUT2D eigenvalue weighted by Crippen LogP contribution is 2.44. The molecule has 4 aromatic rings. The van der Waals surface area contributed by atoms with Gasteiger partial charge in [0.05, 0.1) is 0 Å². The van der Waals surface area contributed by atoms with Gasteiger partial charge in [0.15, 0.2) is 5.60 Å². The maximum absolute atomic E-state index is 6.79. The molecule has 0 radical (unpaired) electrons. The Kier molecular flexibility index (Phi) is 4.29. The van der Waals surface area contributed by atoms with Crippen molar-refractivity contribution in [3.8, 4) is 5.75 Å². The van der Waals surface area contributed by atoms with Gasteiger partial charge in [-0.1, -0.05) is 97.1 Å². The molecular formula is C28H22O. The minimum absolute atomic E-state index is 0.632. The van der Waals surface area contributed by atoms with Crippen LogP contribution in [0.25, 0.3) is 22.9 Å². The molecular weight excluding hydrogens is 352 g/mol. The molecule has 0 saturated heterocycles. The third-order valence-electron chi connectivity index (χ3n) is 5.66. The predicted molar refractivity (Wildman–Crippen MR) is 122 cm³/mol. The summed E-state index contributed by atoms with van der Waals surface area (Å²) in [5, 5.41) is 2.44. The Hall–Kier alpha value is -3.58. The number of hydrogen-bond donors (Lipinski definition) is 0. The van der Waals surface area contributed by atoms with Crippen LogP contribution in [0.5, 0.6) is 5.75 Å². The van der Waals surface area contributed by atoms with Crippen molar-refractivity contribution in [3.05, 3.63) is 125 Å². The lowest BCUT2D eigenvalue weighted by atomic mass is 9.82. The van der Waals surface area contributed by atoms with E-state index in [1.807, 2.05) is 12.1 Å². The van der Waals surface area contributed by atoms with Crippen molar-refractivity contribution in [1.29, 1.82) is 0 Å². The standard InChI is InChI=1S/C28H22O/c1-21(20-22-10-4-2-5-11-22)28(24-13-6-3-7-14-24)19-18-26-25-15-9-8-12-23(25)16-17-27(26)29-28/h2-20H,1H3/b21-20+. The summed E-state index contributed by atoms with van der Waals surface area (Å²) < 4.78 is 6.79. The molecule has 1 aliphatic rings. The van der Waals surface area contributed by atoms with E-state index < -0.39 is 5.60 Å². The molecule has 0 aliphatic carbocycles. The average molecular weight is 374 g/mol. The molecule has 0 saturated carbocycles. The Balaban J connectivity index is 1.69. The summed E-state index contributed by atoms with van der Waals surface area (Å²) >= 11 is 0. The van der Waals surface area contributed by atoms with Crippen molar-refractivity contribution in [3.63, 3.8) is 0 Å². The van der Waals surface area contributed by atoms with Crippen LogP contribution in [0.1, 0.15) is 23.6 Å². The fourth-order valence-corrected chi connectivity index (χ4v) is 4.13. The topological polar surface area (TPSA) is 9.23 Å². The fraction of sp³-hybridized carbons (Fsp3) is 0.0714. The summed E-state index contributed by atoms with van der Waals surface area (Å²) in [5.41, 5.74) is 3.94. The van der Waals surface area contributed by atoms with Gasteiger partial charge in [-0.25, -0.2) is 0 Å². The van der Waals surface area contributed by atoms with E-state index in [4.69, 9.17) is 4.74 Å². The van der Waals surface area contributed by atoms with E-state index in [9.17, 15) is 0 Å². The lowest BCUT2D eigenvalue weighted by Crippen LogP contribution is -2.34. The monoisotopic (exact) mass is 374 g/mol. The molecule has 1 heteroatoms. The van der Waals surface area contributed by atoms with Crippen LogP contribution < -0.4 is 4.74 Å². The van der Waals surface area contributed by atoms with Crippen molar-refractivity contribution in [1.82, 2.24) is 0 Å². The average Bonchev–Trinajstić information content (AvgIpc) is 2.79. The first-order chi connectivity index (χ1) is 14.3. The number of benzene rings is 4. The van der Waals surface area contributed by atoms with Crippen LogP contribution in [0, 0.1) is 0 Å². The number of rotatable bonds is 3. The Bertz CT molecular complexity index is 1220. The molecule has 1 nitrogen and oxygen atoms in total. The predicted octanol–water partition coefficient (Wildman–Crippen LogP) is 7.24. The van der Waals surface area contributed by atoms with Gasteiger partial charge in [-0.3, -0.25) is 0 Å². The van der Waals surface area contributed by atoms with Gasteiger partial charge in [-0.05, 0) is 47.1 Å². The van der Waals surface area contributed by atoms with Crippen LogP contribution >= 0.6 is 0 Å². The molecule has 0 spiro atoms.